The van der Waals surface area contributed by atoms with Gasteiger partial charge in [-0.05, 0) is 30.2 Å². The molecule has 0 spiro atoms. The van der Waals surface area contributed by atoms with Crippen LogP contribution in [0.5, 0.6) is 0 Å². The third-order valence-corrected chi connectivity index (χ3v) is 4.02. The Balaban J connectivity index is 2.24. The van der Waals surface area contributed by atoms with Gasteiger partial charge in [-0.1, -0.05) is 24.3 Å². The van der Waals surface area contributed by atoms with E-state index in [-0.39, 0.29) is 5.75 Å². The first-order valence-electron chi connectivity index (χ1n) is 5.87. The summed E-state index contributed by atoms with van der Waals surface area (Å²) in [5.41, 5.74) is 1.04. The molecule has 0 bridgehead atoms. The van der Waals surface area contributed by atoms with E-state index >= 15 is 0 Å². The quantitative estimate of drug-likeness (QED) is 0.942. The normalized spacial score (nSPS) is 11.3. The number of hydrogen-bond acceptors (Lipinski definition) is 2. The standard InChI is InChI=1S/C14H13F2NO2S/c1-10-4-2-3-5-11(10)9-20(18,19)17-14-8-12(15)6-7-13(14)16/h2-8,17H,9H2,1H3. The lowest BCUT2D eigenvalue weighted by Gasteiger charge is -2.10. The predicted octanol–water partition coefficient (Wildman–Crippen LogP) is 3.22. The van der Waals surface area contributed by atoms with Crippen LogP contribution >= 0.6 is 0 Å². The maximum Gasteiger partial charge on any atom is 0.237 e. The molecule has 0 aliphatic heterocycles. The number of benzene rings is 2. The third kappa shape index (κ3) is 3.54. The molecule has 6 heteroatoms. The molecular formula is C14H13F2NO2S. The molecule has 0 saturated heterocycles. The van der Waals surface area contributed by atoms with Crippen molar-refractivity contribution < 1.29 is 17.2 Å². The molecule has 1 N–H and O–H groups in total. The van der Waals surface area contributed by atoms with E-state index in [9.17, 15) is 17.2 Å². The number of halogens is 2. The fraction of sp³-hybridized carbons (Fsp3) is 0.143. The van der Waals surface area contributed by atoms with E-state index in [1.54, 1.807) is 31.2 Å². The molecule has 106 valence electrons. The molecule has 0 aliphatic rings. The Morgan fingerprint density at radius 1 is 1.10 bits per heavy atom. The molecule has 0 heterocycles. The number of aryl methyl sites for hydroxylation is 1. The van der Waals surface area contributed by atoms with Crippen molar-refractivity contribution in [1.82, 2.24) is 0 Å². The molecule has 0 amide bonds. The van der Waals surface area contributed by atoms with Crippen LogP contribution in [0.3, 0.4) is 0 Å². The average molecular weight is 297 g/mol. The molecule has 0 unspecified atom stereocenters. The van der Waals surface area contributed by atoms with Crippen molar-refractivity contribution >= 4 is 15.7 Å². The number of anilines is 1. The minimum absolute atomic E-state index is 0.296. The van der Waals surface area contributed by atoms with Crippen LogP contribution in [0.1, 0.15) is 11.1 Å². The summed E-state index contributed by atoms with van der Waals surface area (Å²) in [5, 5.41) is 0. The predicted molar refractivity (Wildman–Crippen MR) is 73.8 cm³/mol. The molecule has 2 aromatic carbocycles. The Hall–Kier alpha value is -1.95. The zero-order valence-electron chi connectivity index (χ0n) is 10.7. The van der Waals surface area contributed by atoms with Crippen LogP contribution in [0.4, 0.5) is 14.5 Å². The average Bonchev–Trinajstić information content (AvgIpc) is 2.36. The molecule has 2 aromatic rings. The van der Waals surface area contributed by atoms with Gasteiger partial charge in [0, 0.05) is 6.07 Å². The Labute approximate surface area is 116 Å². The second-order valence-electron chi connectivity index (χ2n) is 4.41. The zero-order chi connectivity index (χ0) is 14.8. The van der Waals surface area contributed by atoms with Gasteiger partial charge in [-0.3, -0.25) is 4.72 Å². The summed E-state index contributed by atoms with van der Waals surface area (Å²) in [5.74, 6) is -1.82. The zero-order valence-corrected chi connectivity index (χ0v) is 11.5. The Morgan fingerprint density at radius 3 is 2.50 bits per heavy atom. The minimum atomic E-state index is -3.81. The molecule has 0 aliphatic carbocycles. The number of hydrogen-bond donors (Lipinski definition) is 1. The van der Waals surface area contributed by atoms with Crippen LogP contribution in [0.25, 0.3) is 0 Å². The lowest BCUT2D eigenvalue weighted by Crippen LogP contribution is -2.16. The molecule has 2 rings (SSSR count). The molecule has 0 saturated carbocycles. The van der Waals surface area contributed by atoms with Crippen molar-refractivity contribution in [3.8, 4) is 0 Å². The number of sulfonamides is 1. The van der Waals surface area contributed by atoms with Crippen molar-refractivity contribution in [3.05, 3.63) is 65.2 Å². The third-order valence-electron chi connectivity index (χ3n) is 2.80. The summed E-state index contributed by atoms with van der Waals surface area (Å²) >= 11 is 0. The highest BCUT2D eigenvalue weighted by Gasteiger charge is 2.15. The van der Waals surface area contributed by atoms with Gasteiger partial charge in [0.15, 0.2) is 0 Å². The monoisotopic (exact) mass is 297 g/mol. The summed E-state index contributed by atoms with van der Waals surface area (Å²) < 4.78 is 52.5. The topological polar surface area (TPSA) is 46.2 Å². The lowest BCUT2D eigenvalue weighted by atomic mass is 10.1. The maximum absolute atomic E-state index is 13.4. The van der Waals surface area contributed by atoms with Crippen LogP contribution in [-0.4, -0.2) is 8.42 Å². The minimum Gasteiger partial charge on any atom is -0.280 e. The second kappa shape index (κ2) is 5.58. The summed E-state index contributed by atoms with van der Waals surface area (Å²) in [6, 6.07) is 9.59. The highest BCUT2D eigenvalue weighted by molar-refractivity contribution is 7.91. The van der Waals surface area contributed by atoms with E-state index in [1.165, 1.54) is 0 Å². The first kappa shape index (κ1) is 14.5. The van der Waals surface area contributed by atoms with Crippen molar-refractivity contribution in [3.63, 3.8) is 0 Å². The molecule has 20 heavy (non-hydrogen) atoms. The van der Waals surface area contributed by atoms with Crippen LogP contribution in [0.2, 0.25) is 0 Å². The number of rotatable bonds is 4. The molecule has 3 nitrogen and oxygen atoms in total. The van der Waals surface area contributed by atoms with Crippen molar-refractivity contribution in [2.24, 2.45) is 0 Å². The van der Waals surface area contributed by atoms with Crippen molar-refractivity contribution in [1.29, 1.82) is 0 Å². The van der Waals surface area contributed by atoms with Crippen molar-refractivity contribution in [2.75, 3.05) is 4.72 Å². The fourth-order valence-corrected chi connectivity index (χ4v) is 3.05. The van der Waals surface area contributed by atoms with Crippen LogP contribution in [0.15, 0.2) is 42.5 Å². The van der Waals surface area contributed by atoms with Gasteiger partial charge in [0.25, 0.3) is 0 Å². The Bertz CT molecular complexity index is 730. The first-order chi connectivity index (χ1) is 9.37. The van der Waals surface area contributed by atoms with Gasteiger partial charge in [-0.25, -0.2) is 17.2 Å². The highest BCUT2D eigenvalue weighted by atomic mass is 32.2. The summed E-state index contributed by atoms with van der Waals surface area (Å²) in [6.45, 7) is 1.79. The van der Waals surface area contributed by atoms with E-state index in [1.807, 2.05) is 0 Å². The van der Waals surface area contributed by atoms with E-state index in [0.717, 1.165) is 23.8 Å². The molecule has 0 aromatic heterocycles. The molecule has 0 fully saturated rings. The van der Waals surface area contributed by atoms with Crippen LogP contribution < -0.4 is 4.72 Å². The van der Waals surface area contributed by atoms with Gasteiger partial charge in [0.1, 0.15) is 11.6 Å². The van der Waals surface area contributed by atoms with Gasteiger partial charge >= 0.3 is 0 Å². The Morgan fingerprint density at radius 2 is 1.80 bits per heavy atom. The largest absolute Gasteiger partial charge is 0.280 e. The second-order valence-corrected chi connectivity index (χ2v) is 6.13. The molecular weight excluding hydrogens is 284 g/mol. The van der Waals surface area contributed by atoms with Gasteiger partial charge in [0.05, 0.1) is 11.4 Å². The van der Waals surface area contributed by atoms with Gasteiger partial charge < -0.3 is 0 Å². The van der Waals surface area contributed by atoms with Gasteiger partial charge in [-0.15, -0.1) is 0 Å². The number of nitrogens with one attached hydrogen (secondary N) is 1. The van der Waals surface area contributed by atoms with E-state index in [4.69, 9.17) is 0 Å². The molecule has 0 radical (unpaired) electrons. The molecule has 0 atom stereocenters. The van der Waals surface area contributed by atoms with Crippen molar-refractivity contribution in [2.45, 2.75) is 12.7 Å². The SMILES string of the molecule is Cc1ccccc1CS(=O)(=O)Nc1cc(F)ccc1F. The Kier molecular flexibility index (Phi) is 4.04. The lowest BCUT2D eigenvalue weighted by molar-refractivity contribution is 0.594. The van der Waals surface area contributed by atoms with Gasteiger partial charge in [0.2, 0.25) is 10.0 Å². The van der Waals surface area contributed by atoms with Crippen LogP contribution in [-0.2, 0) is 15.8 Å². The van der Waals surface area contributed by atoms with E-state index in [2.05, 4.69) is 4.72 Å². The first-order valence-corrected chi connectivity index (χ1v) is 7.53. The highest BCUT2D eigenvalue weighted by Crippen LogP contribution is 2.19. The fourth-order valence-electron chi connectivity index (χ4n) is 1.76. The van der Waals surface area contributed by atoms with Crippen LogP contribution in [0, 0.1) is 18.6 Å². The smallest absolute Gasteiger partial charge is 0.237 e. The van der Waals surface area contributed by atoms with E-state index < -0.39 is 27.3 Å². The summed E-state index contributed by atoms with van der Waals surface area (Å²) in [4.78, 5) is 0. The van der Waals surface area contributed by atoms with E-state index in [0.29, 0.717) is 5.56 Å². The van der Waals surface area contributed by atoms with Gasteiger partial charge in [-0.2, -0.15) is 0 Å². The maximum atomic E-state index is 13.4. The summed E-state index contributed by atoms with van der Waals surface area (Å²) in [6.07, 6.45) is 0. The summed E-state index contributed by atoms with van der Waals surface area (Å²) in [7, 11) is -3.81.